The second-order valence-electron chi connectivity index (χ2n) is 16.0. The van der Waals surface area contributed by atoms with E-state index in [0.29, 0.717) is 53.1 Å². The Labute approximate surface area is 369 Å². The molecule has 65 heavy (non-hydrogen) atoms. The van der Waals surface area contributed by atoms with Crippen LogP contribution >= 0.6 is 0 Å². The van der Waals surface area contributed by atoms with Crippen LogP contribution < -0.4 is 51.7 Å². The summed E-state index contributed by atoms with van der Waals surface area (Å²) in [7, 11) is 3.43. The predicted octanol–water partition coefficient (Wildman–Crippen LogP) is 2.26. The minimum absolute atomic E-state index is 0.0161. The Morgan fingerprint density at radius 1 is 0.877 bits per heavy atom. The Balaban J connectivity index is 0.861. The van der Waals surface area contributed by atoms with Crippen LogP contribution in [-0.4, -0.2) is 124 Å². The van der Waals surface area contributed by atoms with Gasteiger partial charge in [0.25, 0.3) is 17.4 Å². The van der Waals surface area contributed by atoms with Crippen molar-refractivity contribution in [3.63, 3.8) is 0 Å². The molecule has 2 aliphatic rings. The number of rotatable bonds is 15. The first-order valence-corrected chi connectivity index (χ1v) is 20.6. The summed E-state index contributed by atoms with van der Waals surface area (Å²) >= 11 is 0. The zero-order chi connectivity index (χ0) is 45.4. The van der Waals surface area contributed by atoms with E-state index in [0.717, 1.165) is 0 Å². The zero-order valence-electron chi connectivity index (χ0n) is 35.6. The largest absolute Gasteiger partial charge is 0.486 e. The van der Waals surface area contributed by atoms with Crippen molar-refractivity contribution in [2.45, 2.75) is 50.5 Å². The van der Waals surface area contributed by atoms with Gasteiger partial charge in [-0.3, -0.25) is 19.0 Å². The molecule has 1 aromatic carbocycles. The molecule has 0 bridgehead atoms. The first-order valence-electron chi connectivity index (χ1n) is 20.6. The maximum atomic E-state index is 13.7. The number of hydrogen-bond acceptors (Lipinski definition) is 18. The zero-order valence-corrected chi connectivity index (χ0v) is 35.6. The molecule has 1 atom stereocenters. The molecule has 1 unspecified atom stereocenters. The second-order valence-corrected chi connectivity index (χ2v) is 16.0. The van der Waals surface area contributed by atoms with Crippen LogP contribution in [-0.2, 0) is 0 Å². The van der Waals surface area contributed by atoms with Gasteiger partial charge in [-0.2, -0.15) is 19.2 Å². The van der Waals surface area contributed by atoms with Gasteiger partial charge in [-0.05, 0) is 57.0 Å². The van der Waals surface area contributed by atoms with Gasteiger partial charge < -0.3 is 56.3 Å². The molecule has 0 spiro atoms. The molecule has 336 valence electrons. The van der Waals surface area contributed by atoms with Gasteiger partial charge in [0.15, 0.2) is 34.7 Å². The molecule has 0 radical (unpaired) electrons. The third-order valence-electron chi connectivity index (χ3n) is 10.5. The van der Waals surface area contributed by atoms with Crippen LogP contribution in [0.1, 0.15) is 47.4 Å². The van der Waals surface area contributed by atoms with Crippen LogP contribution in [0.3, 0.4) is 0 Å². The molecule has 1 aliphatic heterocycles. The SMILES string of the molecule is CNc1cc(Nc2cccn(-c3ccc(OCC4COc5cccc(Nc6cc(NC)n7ncc(C(=O)NC8CC(O)C8)c7n6)c5O4)nn3)c2=O)nc2c(C(=O)NCC(C)(C)O)cnn12. The van der Waals surface area contributed by atoms with Crippen molar-refractivity contribution >= 4 is 57.8 Å². The number of nitrogens with one attached hydrogen (secondary N) is 6. The summed E-state index contributed by atoms with van der Waals surface area (Å²) in [5.74, 6) is 2.31. The van der Waals surface area contributed by atoms with Crippen molar-refractivity contribution < 1.29 is 34.0 Å². The Hall–Kier alpha value is -8.05. The lowest BCUT2D eigenvalue weighted by Crippen LogP contribution is -2.46. The van der Waals surface area contributed by atoms with Gasteiger partial charge >= 0.3 is 0 Å². The number of ether oxygens (including phenoxy) is 3. The molecule has 2 amide bonds. The van der Waals surface area contributed by atoms with Crippen molar-refractivity contribution in [3.8, 4) is 23.2 Å². The first-order chi connectivity index (χ1) is 31.3. The minimum atomic E-state index is -1.12. The average Bonchev–Trinajstić information content (AvgIpc) is 3.92. The summed E-state index contributed by atoms with van der Waals surface area (Å²) < 4.78 is 22.7. The van der Waals surface area contributed by atoms with Gasteiger partial charge in [0.2, 0.25) is 5.88 Å². The lowest BCUT2D eigenvalue weighted by molar-refractivity contribution is 0.0526. The van der Waals surface area contributed by atoms with Crippen LogP contribution in [0, 0.1) is 0 Å². The molecule has 23 nitrogen and oxygen atoms in total. The lowest BCUT2D eigenvalue weighted by Gasteiger charge is -2.31. The predicted molar refractivity (Wildman–Crippen MR) is 236 cm³/mol. The highest BCUT2D eigenvalue weighted by Crippen LogP contribution is 2.40. The lowest BCUT2D eigenvalue weighted by atomic mass is 9.89. The van der Waals surface area contributed by atoms with Gasteiger partial charge in [0, 0.05) is 51.1 Å². The van der Waals surface area contributed by atoms with E-state index in [1.165, 1.54) is 26.0 Å². The van der Waals surface area contributed by atoms with Crippen molar-refractivity contribution in [1.29, 1.82) is 0 Å². The van der Waals surface area contributed by atoms with Gasteiger partial charge in [-0.25, -0.2) is 9.97 Å². The van der Waals surface area contributed by atoms with Gasteiger partial charge in [0.05, 0.1) is 29.8 Å². The number of hydrogen-bond donors (Lipinski definition) is 8. The summed E-state index contributed by atoms with van der Waals surface area (Å²) in [6, 6.07) is 15.1. The topological polar surface area (TPSA) is 283 Å². The number of carbonyl (C=O) groups is 2. The van der Waals surface area contributed by atoms with Crippen LogP contribution in [0.4, 0.5) is 34.6 Å². The van der Waals surface area contributed by atoms with E-state index in [2.05, 4.69) is 57.3 Å². The number of carbonyl (C=O) groups excluding carboxylic acids is 2. The number of amides is 2. The fourth-order valence-electron chi connectivity index (χ4n) is 7.15. The third kappa shape index (κ3) is 8.81. The molecule has 9 rings (SSSR count). The van der Waals surface area contributed by atoms with E-state index in [1.807, 2.05) is 12.1 Å². The number of pyridine rings is 1. The van der Waals surface area contributed by atoms with E-state index in [4.69, 9.17) is 19.2 Å². The van der Waals surface area contributed by atoms with E-state index in [-0.39, 0.29) is 71.7 Å². The Kier molecular flexibility index (Phi) is 11.2. The molecular formula is C42H45N15O8. The van der Waals surface area contributed by atoms with Crippen molar-refractivity contribution in [3.05, 3.63) is 94.7 Å². The quantitative estimate of drug-likeness (QED) is 0.0733. The number of benzene rings is 1. The number of aliphatic hydroxyl groups excluding tert-OH is 1. The molecule has 23 heteroatoms. The summed E-state index contributed by atoms with van der Waals surface area (Å²) in [5, 5.41) is 54.9. The van der Waals surface area contributed by atoms with E-state index < -0.39 is 29.3 Å². The standard InChI is InChI=1S/C42H45N15O8/c1-42(2,62)21-45-39(59)25-17-46-56-34(44-4)16-31(52-37(25)56)50-28-8-6-12-55(41(28)61)32-10-11-35(54-53-32)64-20-24-19-63-29-9-5-7-27(36(29)65-24)49-30-15-33(43-3)57-38(51-30)26(18-47-57)40(60)48-22-13-23(58)14-22/h5-12,15-18,22-24,43-44,58,62H,13-14,19-21H2,1-4H3,(H,45,59)(H,48,60)(H,49,51)(H,50,52). The maximum absolute atomic E-state index is 13.7. The number of fused-ring (bicyclic) bond motifs is 3. The first kappa shape index (κ1) is 42.3. The highest BCUT2D eigenvalue weighted by atomic mass is 16.6. The summed E-state index contributed by atoms with van der Waals surface area (Å²) in [5.41, 5.74) is 0.187. The fraction of sp³-hybridized carbons (Fsp3) is 0.310. The number of aliphatic hydroxyl groups is 2. The van der Waals surface area contributed by atoms with E-state index >= 15 is 0 Å². The Morgan fingerprint density at radius 3 is 2.17 bits per heavy atom. The maximum Gasteiger partial charge on any atom is 0.280 e. The van der Waals surface area contributed by atoms with Crippen LogP contribution in [0.2, 0.25) is 0 Å². The van der Waals surface area contributed by atoms with E-state index in [1.54, 1.807) is 76.6 Å². The van der Waals surface area contributed by atoms with Crippen LogP contribution in [0.15, 0.2) is 78.0 Å². The van der Waals surface area contributed by atoms with Crippen molar-refractivity contribution in [1.82, 2.24) is 54.6 Å². The van der Waals surface area contributed by atoms with Crippen LogP contribution in [0.5, 0.6) is 17.4 Å². The van der Waals surface area contributed by atoms with Gasteiger partial charge in [-0.1, -0.05) is 6.07 Å². The van der Waals surface area contributed by atoms with Crippen molar-refractivity contribution in [2.75, 3.05) is 55.1 Å². The molecule has 1 aliphatic carbocycles. The number of nitrogens with zero attached hydrogens (tertiary/aromatic N) is 9. The molecule has 7 aromatic rings. The molecule has 7 heterocycles. The number of para-hydroxylation sites is 1. The number of aromatic nitrogens is 9. The van der Waals surface area contributed by atoms with Gasteiger partial charge in [-0.15, -0.1) is 10.2 Å². The molecule has 6 aromatic heterocycles. The summed E-state index contributed by atoms with van der Waals surface area (Å²) in [6.07, 6.45) is 4.44. The smallest absolute Gasteiger partial charge is 0.280 e. The monoisotopic (exact) mass is 887 g/mol. The molecule has 8 N–H and O–H groups in total. The fourth-order valence-corrected chi connectivity index (χ4v) is 7.15. The summed E-state index contributed by atoms with van der Waals surface area (Å²) in [6.45, 7) is 3.41. The molecular weight excluding hydrogens is 843 g/mol. The number of anilines is 6. The highest BCUT2D eigenvalue weighted by molar-refractivity contribution is 6.01. The van der Waals surface area contributed by atoms with Crippen LogP contribution in [0.25, 0.3) is 17.1 Å². The molecule has 0 saturated heterocycles. The summed E-state index contributed by atoms with van der Waals surface area (Å²) in [4.78, 5) is 49.1. The third-order valence-corrected chi connectivity index (χ3v) is 10.5. The van der Waals surface area contributed by atoms with Crippen molar-refractivity contribution in [2.24, 2.45) is 0 Å². The van der Waals surface area contributed by atoms with Gasteiger partial charge in [0.1, 0.15) is 53.3 Å². The molecule has 1 saturated carbocycles. The van der Waals surface area contributed by atoms with E-state index in [9.17, 15) is 24.6 Å². The minimum Gasteiger partial charge on any atom is -0.486 e. The highest BCUT2D eigenvalue weighted by Gasteiger charge is 2.30. The average molecular weight is 888 g/mol. The Bertz CT molecular complexity index is 2980. The second kappa shape index (κ2) is 17.3. The Morgan fingerprint density at radius 2 is 1.54 bits per heavy atom. The molecule has 1 fully saturated rings. The normalized spacial score (nSPS) is 16.7.